The molecule has 17 heavy (non-hydrogen) atoms. The van der Waals surface area contributed by atoms with Gasteiger partial charge in [-0.25, -0.2) is 4.68 Å². The Morgan fingerprint density at radius 3 is 2.65 bits per heavy atom. The molecule has 2 aromatic rings. The molecule has 1 aromatic heterocycles. The minimum absolute atomic E-state index is 0.0388. The topological polar surface area (TPSA) is 60.9 Å². The number of nitrogens with zero attached hydrogens (tertiary/aromatic N) is 2. The fourth-order valence-electron chi connectivity index (χ4n) is 1.99. The second kappa shape index (κ2) is 4.46. The van der Waals surface area contributed by atoms with E-state index in [9.17, 15) is 4.79 Å². The predicted octanol–water partition coefficient (Wildman–Crippen LogP) is 1.37. The summed E-state index contributed by atoms with van der Waals surface area (Å²) >= 11 is 0. The van der Waals surface area contributed by atoms with Crippen LogP contribution in [-0.2, 0) is 6.54 Å². The van der Waals surface area contributed by atoms with Gasteiger partial charge in [-0.2, -0.15) is 5.10 Å². The highest BCUT2D eigenvalue weighted by molar-refractivity contribution is 7.65. The van der Waals surface area contributed by atoms with Crippen LogP contribution in [0.3, 0.4) is 0 Å². The summed E-state index contributed by atoms with van der Waals surface area (Å²) in [7, 11) is -0.356. The van der Waals surface area contributed by atoms with Crippen molar-refractivity contribution < 1.29 is 0 Å². The highest BCUT2D eigenvalue weighted by Gasteiger charge is 2.12. The molecule has 0 unspecified atom stereocenters. The number of hydrogen-bond donors (Lipinski definition) is 1. The fraction of sp³-hybridized carbons (Fsp3) is 0.333. The first-order valence-corrected chi connectivity index (χ1v) is 7.75. The number of anilines is 1. The molecule has 5 heteroatoms. The molecule has 90 valence electrons. The largest absolute Gasteiger partial charge is 0.398 e. The lowest BCUT2D eigenvalue weighted by Crippen LogP contribution is -2.24. The van der Waals surface area contributed by atoms with Crippen LogP contribution >= 0.6 is 7.92 Å². The van der Waals surface area contributed by atoms with Crippen molar-refractivity contribution in [2.75, 3.05) is 19.1 Å². The van der Waals surface area contributed by atoms with Gasteiger partial charge < -0.3 is 5.73 Å². The standard InChI is InChI=1S/C12H16N3OP/c1-4-15-12(16)8-5-6-10(13)11(17(2)3)9(8)7-14-15/h5-7H,4,13H2,1-3H3. The van der Waals surface area contributed by atoms with Crippen LogP contribution in [-0.4, -0.2) is 23.1 Å². The Labute approximate surface area is 101 Å². The molecule has 1 aromatic carbocycles. The van der Waals surface area contributed by atoms with Gasteiger partial charge in [0.15, 0.2) is 0 Å². The number of aromatic nitrogens is 2. The number of nitrogen functional groups attached to an aromatic ring is 1. The van der Waals surface area contributed by atoms with E-state index < -0.39 is 0 Å². The molecule has 0 radical (unpaired) electrons. The lowest BCUT2D eigenvalue weighted by Gasteiger charge is -2.13. The quantitative estimate of drug-likeness (QED) is 0.646. The molecule has 0 bridgehead atoms. The minimum Gasteiger partial charge on any atom is -0.398 e. The van der Waals surface area contributed by atoms with Crippen molar-refractivity contribution in [3.63, 3.8) is 0 Å². The summed E-state index contributed by atoms with van der Waals surface area (Å²) in [4.78, 5) is 12.1. The highest BCUT2D eigenvalue weighted by Crippen LogP contribution is 2.30. The maximum Gasteiger partial charge on any atom is 0.274 e. The van der Waals surface area contributed by atoms with E-state index >= 15 is 0 Å². The zero-order chi connectivity index (χ0) is 12.6. The summed E-state index contributed by atoms with van der Waals surface area (Å²) in [6.45, 7) is 6.75. The van der Waals surface area contributed by atoms with Gasteiger partial charge in [-0.3, -0.25) is 4.79 Å². The lowest BCUT2D eigenvalue weighted by molar-refractivity contribution is 0.623. The third-order valence-electron chi connectivity index (χ3n) is 2.79. The second-order valence-corrected chi connectivity index (χ2v) is 6.36. The van der Waals surface area contributed by atoms with E-state index in [0.717, 1.165) is 16.4 Å². The lowest BCUT2D eigenvalue weighted by atomic mass is 10.2. The minimum atomic E-state index is -0.356. The van der Waals surface area contributed by atoms with Gasteiger partial charge in [-0.1, -0.05) is 7.92 Å². The van der Waals surface area contributed by atoms with Crippen LogP contribution in [0.5, 0.6) is 0 Å². The van der Waals surface area contributed by atoms with E-state index in [2.05, 4.69) is 18.4 Å². The van der Waals surface area contributed by atoms with Crippen LogP contribution in [0.1, 0.15) is 6.92 Å². The Morgan fingerprint density at radius 2 is 2.06 bits per heavy atom. The molecule has 0 saturated carbocycles. The van der Waals surface area contributed by atoms with E-state index in [-0.39, 0.29) is 13.5 Å². The molecule has 0 aliphatic heterocycles. The van der Waals surface area contributed by atoms with Gasteiger partial charge in [0.2, 0.25) is 0 Å². The van der Waals surface area contributed by atoms with Crippen molar-refractivity contribution in [1.29, 1.82) is 0 Å². The number of benzene rings is 1. The molecule has 0 atom stereocenters. The van der Waals surface area contributed by atoms with Crippen molar-refractivity contribution in [2.45, 2.75) is 13.5 Å². The number of rotatable bonds is 2. The average molecular weight is 249 g/mol. The molecule has 2 N–H and O–H groups in total. The van der Waals surface area contributed by atoms with Crippen LogP contribution in [0, 0.1) is 0 Å². The molecular formula is C12H16N3OP. The number of nitrogens with two attached hydrogens (primary N) is 1. The van der Waals surface area contributed by atoms with Crippen molar-refractivity contribution in [1.82, 2.24) is 9.78 Å². The van der Waals surface area contributed by atoms with Gasteiger partial charge in [-0.15, -0.1) is 0 Å². The summed E-state index contributed by atoms with van der Waals surface area (Å²) in [5.74, 6) is 0. The van der Waals surface area contributed by atoms with Crippen molar-refractivity contribution in [3.8, 4) is 0 Å². The Bertz CT molecular complexity index is 619. The number of aryl methyl sites for hydroxylation is 1. The predicted molar refractivity (Wildman–Crippen MR) is 74.5 cm³/mol. The first kappa shape index (κ1) is 12.1. The number of hydrogen-bond acceptors (Lipinski definition) is 3. The molecular weight excluding hydrogens is 233 g/mol. The van der Waals surface area contributed by atoms with Crippen molar-refractivity contribution in [3.05, 3.63) is 28.7 Å². The van der Waals surface area contributed by atoms with E-state index in [1.165, 1.54) is 4.68 Å². The Balaban J connectivity index is 2.89. The van der Waals surface area contributed by atoms with Crippen LogP contribution in [0.15, 0.2) is 23.1 Å². The van der Waals surface area contributed by atoms with Crippen LogP contribution in [0.4, 0.5) is 5.69 Å². The molecule has 0 fully saturated rings. The highest BCUT2D eigenvalue weighted by atomic mass is 31.1. The molecule has 0 aliphatic carbocycles. The van der Waals surface area contributed by atoms with Gasteiger partial charge in [0.1, 0.15) is 0 Å². The maximum atomic E-state index is 12.1. The van der Waals surface area contributed by atoms with Gasteiger partial charge >= 0.3 is 0 Å². The third kappa shape index (κ3) is 1.93. The zero-order valence-corrected chi connectivity index (χ0v) is 11.2. The summed E-state index contributed by atoms with van der Waals surface area (Å²) in [6.07, 6.45) is 1.76. The smallest absolute Gasteiger partial charge is 0.274 e. The van der Waals surface area contributed by atoms with E-state index in [0.29, 0.717) is 11.9 Å². The molecule has 0 spiro atoms. The van der Waals surface area contributed by atoms with E-state index in [1.54, 1.807) is 12.3 Å². The monoisotopic (exact) mass is 249 g/mol. The van der Waals surface area contributed by atoms with Crippen LogP contribution < -0.4 is 16.6 Å². The van der Waals surface area contributed by atoms with Gasteiger partial charge in [-0.05, 0) is 32.4 Å². The summed E-state index contributed by atoms with van der Waals surface area (Å²) in [6, 6.07) is 3.62. The molecule has 4 nitrogen and oxygen atoms in total. The maximum absolute atomic E-state index is 12.1. The van der Waals surface area contributed by atoms with Gasteiger partial charge in [0.05, 0.1) is 11.6 Å². The summed E-state index contributed by atoms with van der Waals surface area (Å²) < 4.78 is 1.47. The van der Waals surface area contributed by atoms with E-state index in [4.69, 9.17) is 5.73 Å². The molecule has 0 saturated heterocycles. The first-order chi connectivity index (χ1) is 8.06. The molecule has 2 rings (SSSR count). The van der Waals surface area contributed by atoms with Crippen molar-refractivity contribution in [2.24, 2.45) is 0 Å². The fourth-order valence-corrected chi connectivity index (χ4v) is 3.24. The Hall–Kier alpha value is -1.41. The summed E-state index contributed by atoms with van der Waals surface area (Å²) in [5, 5.41) is 6.85. The molecule has 0 aliphatic rings. The first-order valence-electron chi connectivity index (χ1n) is 5.52. The van der Waals surface area contributed by atoms with Crippen molar-refractivity contribution >= 4 is 29.7 Å². The normalized spacial score (nSPS) is 11.3. The molecule has 0 amide bonds. The van der Waals surface area contributed by atoms with E-state index in [1.807, 2.05) is 13.0 Å². The number of fused-ring (bicyclic) bond motifs is 1. The van der Waals surface area contributed by atoms with Crippen LogP contribution in [0.25, 0.3) is 10.8 Å². The van der Waals surface area contributed by atoms with Gasteiger partial charge in [0.25, 0.3) is 5.56 Å². The zero-order valence-electron chi connectivity index (χ0n) is 10.3. The van der Waals surface area contributed by atoms with Crippen LogP contribution in [0.2, 0.25) is 0 Å². The summed E-state index contributed by atoms with van der Waals surface area (Å²) in [5.41, 5.74) is 6.70. The third-order valence-corrected chi connectivity index (χ3v) is 4.18. The van der Waals surface area contributed by atoms with Gasteiger partial charge in [0, 0.05) is 22.9 Å². The molecule has 1 heterocycles. The Kier molecular flexibility index (Phi) is 3.16. The Morgan fingerprint density at radius 1 is 1.35 bits per heavy atom. The average Bonchev–Trinajstić information content (AvgIpc) is 2.28. The second-order valence-electron chi connectivity index (χ2n) is 4.12. The SMILES string of the molecule is CCn1ncc2c(P(C)C)c(N)ccc2c1=O.